The van der Waals surface area contributed by atoms with Gasteiger partial charge in [0, 0.05) is 5.92 Å². The standard InChI is InChI=1S/C32H27F3N4O6/c1-44-25(40)17-23-28(30(42)38(36-23)21-9-5-3-6-10-21)27(19-13-15-20(16-14-19)32(33,34)35)29-24(18-26(41)45-2)37-39(31(29)43)22-11-7-4-8-12-22/h3-16,27,36-37H,17-18H2,1-2H3. The molecule has 10 nitrogen and oxygen atoms in total. The maximum atomic E-state index is 14.2. The number of hydrogen-bond donors (Lipinski definition) is 2. The number of hydrogen-bond acceptors (Lipinski definition) is 6. The van der Waals surface area contributed by atoms with Crippen LogP contribution in [0.5, 0.6) is 0 Å². The highest BCUT2D eigenvalue weighted by atomic mass is 19.4. The summed E-state index contributed by atoms with van der Waals surface area (Å²) in [7, 11) is 2.33. The first-order valence-corrected chi connectivity index (χ1v) is 13.6. The maximum Gasteiger partial charge on any atom is 0.416 e. The number of para-hydroxylation sites is 2. The predicted molar refractivity (Wildman–Crippen MR) is 157 cm³/mol. The number of rotatable bonds is 9. The van der Waals surface area contributed by atoms with E-state index in [0.29, 0.717) is 11.4 Å². The number of benzene rings is 3. The molecule has 0 fully saturated rings. The third-order valence-electron chi connectivity index (χ3n) is 7.29. The number of nitrogens with one attached hydrogen (secondary N) is 2. The lowest BCUT2D eigenvalue weighted by Crippen LogP contribution is -2.26. The van der Waals surface area contributed by atoms with E-state index in [0.717, 1.165) is 24.3 Å². The molecule has 0 saturated carbocycles. The van der Waals surface area contributed by atoms with Gasteiger partial charge in [0.15, 0.2) is 0 Å². The molecule has 232 valence electrons. The van der Waals surface area contributed by atoms with Gasteiger partial charge in [-0.15, -0.1) is 0 Å². The fourth-order valence-corrected chi connectivity index (χ4v) is 5.15. The monoisotopic (exact) mass is 620 g/mol. The molecule has 3 aromatic carbocycles. The van der Waals surface area contributed by atoms with Gasteiger partial charge >= 0.3 is 18.1 Å². The molecule has 0 aliphatic carbocycles. The van der Waals surface area contributed by atoms with E-state index in [4.69, 9.17) is 9.47 Å². The SMILES string of the molecule is COC(=O)Cc1[nH]n(-c2ccccc2)c(=O)c1C(c1ccc(C(F)(F)F)cc1)c1c(CC(=O)OC)[nH]n(-c2ccccc2)c1=O. The lowest BCUT2D eigenvalue weighted by Gasteiger charge is -2.18. The lowest BCUT2D eigenvalue weighted by atomic mass is 9.83. The van der Waals surface area contributed by atoms with Crippen LogP contribution in [0.4, 0.5) is 13.2 Å². The summed E-state index contributed by atoms with van der Waals surface area (Å²) in [6.45, 7) is 0. The summed E-state index contributed by atoms with van der Waals surface area (Å²) in [6.07, 6.45) is -5.51. The molecule has 0 bridgehead atoms. The first-order valence-electron chi connectivity index (χ1n) is 13.6. The van der Waals surface area contributed by atoms with E-state index < -0.39 is 53.6 Å². The van der Waals surface area contributed by atoms with E-state index in [-0.39, 0.29) is 28.1 Å². The number of ether oxygens (including phenoxy) is 2. The summed E-state index contributed by atoms with van der Waals surface area (Å²) in [5, 5.41) is 5.86. The van der Waals surface area contributed by atoms with E-state index >= 15 is 0 Å². The minimum atomic E-state index is -4.65. The average molecular weight is 621 g/mol. The van der Waals surface area contributed by atoms with Gasteiger partial charge < -0.3 is 9.47 Å². The van der Waals surface area contributed by atoms with Crippen LogP contribution >= 0.6 is 0 Å². The number of halogens is 3. The number of alkyl halides is 3. The molecule has 0 spiro atoms. The largest absolute Gasteiger partial charge is 0.469 e. The number of methoxy groups -OCH3 is 2. The second-order valence-corrected chi connectivity index (χ2v) is 10.0. The second kappa shape index (κ2) is 12.6. The van der Waals surface area contributed by atoms with Crippen molar-refractivity contribution in [2.75, 3.05) is 14.2 Å². The molecule has 5 aromatic rings. The Balaban J connectivity index is 1.86. The van der Waals surface area contributed by atoms with E-state index in [1.54, 1.807) is 60.7 Å². The van der Waals surface area contributed by atoms with Crippen molar-refractivity contribution in [3.63, 3.8) is 0 Å². The van der Waals surface area contributed by atoms with E-state index in [2.05, 4.69) is 10.2 Å². The maximum absolute atomic E-state index is 14.2. The van der Waals surface area contributed by atoms with Crippen LogP contribution < -0.4 is 11.1 Å². The summed E-state index contributed by atoms with van der Waals surface area (Å²) in [6, 6.07) is 20.8. The van der Waals surface area contributed by atoms with Gasteiger partial charge in [-0.25, -0.2) is 9.36 Å². The number of carbonyl (C=O) groups is 2. The van der Waals surface area contributed by atoms with Crippen LogP contribution in [0.3, 0.4) is 0 Å². The van der Waals surface area contributed by atoms with Gasteiger partial charge in [-0.05, 0) is 42.0 Å². The van der Waals surface area contributed by atoms with Gasteiger partial charge in [0.1, 0.15) is 0 Å². The Hall–Kier alpha value is -5.59. The fourth-order valence-electron chi connectivity index (χ4n) is 5.15. The lowest BCUT2D eigenvalue weighted by molar-refractivity contribution is -0.140. The van der Waals surface area contributed by atoms with Crippen LogP contribution in [0.2, 0.25) is 0 Å². The molecule has 2 heterocycles. The molecule has 0 unspecified atom stereocenters. The topological polar surface area (TPSA) is 128 Å². The summed E-state index contributed by atoms with van der Waals surface area (Å²) in [5.74, 6) is -2.77. The molecule has 0 aliphatic heterocycles. The zero-order valence-electron chi connectivity index (χ0n) is 24.1. The van der Waals surface area contributed by atoms with E-state index in [9.17, 15) is 32.3 Å². The van der Waals surface area contributed by atoms with Crippen molar-refractivity contribution in [3.8, 4) is 11.4 Å². The van der Waals surface area contributed by atoms with E-state index in [1.165, 1.54) is 23.6 Å². The zero-order valence-corrected chi connectivity index (χ0v) is 24.1. The third-order valence-corrected chi connectivity index (χ3v) is 7.29. The van der Waals surface area contributed by atoms with Crippen LogP contribution in [-0.2, 0) is 38.1 Å². The Bertz CT molecular complexity index is 1830. The summed E-state index contributed by atoms with van der Waals surface area (Å²) in [5.41, 5.74) is -1.39. The van der Waals surface area contributed by atoms with Gasteiger partial charge in [0.25, 0.3) is 11.1 Å². The number of carbonyl (C=O) groups excluding carboxylic acids is 2. The highest BCUT2D eigenvalue weighted by molar-refractivity contribution is 5.74. The summed E-state index contributed by atoms with van der Waals surface area (Å²) in [4.78, 5) is 53.6. The number of nitrogens with zero attached hydrogens (tertiary/aromatic N) is 2. The Morgan fingerprint density at radius 1 is 0.689 bits per heavy atom. The molecule has 2 N–H and O–H groups in total. The second-order valence-electron chi connectivity index (χ2n) is 10.0. The first kappa shape index (κ1) is 30.9. The molecule has 5 rings (SSSR count). The van der Waals surface area contributed by atoms with Crippen molar-refractivity contribution < 1.29 is 32.2 Å². The Labute approximate surface area is 253 Å². The molecule has 0 saturated heterocycles. The van der Waals surface area contributed by atoms with Crippen molar-refractivity contribution in [1.29, 1.82) is 0 Å². The minimum Gasteiger partial charge on any atom is -0.469 e. The number of aromatic nitrogens is 4. The molecule has 0 atom stereocenters. The van der Waals surface area contributed by atoms with Crippen molar-refractivity contribution in [1.82, 2.24) is 19.6 Å². The molecule has 13 heteroatoms. The Morgan fingerprint density at radius 3 is 1.44 bits per heavy atom. The van der Waals surface area contributed by atoms with Crippen molar-refractivity contribution >= 4 is 11.9 Å². The van der Waals surface area contributed by atoms with Gasteiger partial charge in [0.05, 0.1) is 66.5 Å². The molecular formula is C32H27F3N4O6. The van der Waals surface area contributed by atoms with Crippen LogP contribution in [0.15, 0.2) is 94.5 Å². The molecule has 0 radical (unpaired) electrons. The number of aromatic amines is 2. The van der Waals surface area contributed by atoms with Gasteiger partial charge in [0.2, 0.25) is 0 Å². The van der Waals surface area contributed by atoms with Crippen LogP contribution in [0.25, 0.3) is 11.4 Å². The first-order chi connectivity index (χ1) is 21.5. The van der Waals surface area contributed by atoms with Crippen LogP contribution in [0.1, 0.15) is 39.6 Å². The van der Waals surface area contributed by atoms with Gasteiger partial charge in [-0.2, -0.15) is 13.2 Å². The van der Waals surface area contributed by atoms with Crippen molar-refractivity contribution in [2.45, 2.75) is 24.9 Å². The molecule has 2 aromatic heterocycles. The van der Waals surface area contributed by atoms with Crippen LogP contribution in [0, 0.1) is 0 Å². The fraction of sp³-hybridized carbons (Fsp3) is 0.188. The smallest absolute Gasteiger partial charge is 0.416 e. The quantitative estimate of drug-likeness (QED) is 0.237. The minimum absolute atomic E-state index is 0.0662. The normalized spacial score (nSPS) is 11.5. The average Bonchev–Trinajstić information content (AvgIpc) is 3.53. The number of esters is 2. The molecule has 45 heavy (non-hydrogen) atoms. The highest BCUT2D eigenvalue weighted by Gasteiger charge is 2.35. The van der Waals surface area contributed by atoms with Gasteiger partial charge in [-0.1, -0.05) is 48.5 Å². The van der Waals surface area contributed by atoms with Crippen LogP contribution in [-0.4, -0.2) is 45.7 Å². The third kappa shape index (κ3) is 6.23. The highest BCUT2D eigenvalue weighted by Crippen LogP contribution is 2.36. The zero-order chi connectivity index (χ0) is 32.3. The Morgan fingerprint density at radius 2 is 1.09 bits per heavy atom. The Kier molecular flexibility index (Phi) is 8.61. The summed E-state index contributed by atoms with van der Waals surface area (Å²) >= 11 is 0. The van der Waals surface area contributed by atoms with Crippen molar-refractivity contribution in [2.24, 2.45) is 0 Å². The van der Waals surface area contributed by atoms with Crippen molar-refractivity contribution in [3.05, 3.63) is 139 Å². The van der Waals surface area contributed by atoms with E-state index in [1.807, 2.05) is 0 Å². The molecule has 0 amide bonds. The molecular weight excluding hydrogens is 593 g/mol. The predicted octanol–water partition coefficient (Wildman–Crippen LogP) is 4.27. The summed E-state index contributed by atoms with van der Waals surface area (Å²) < 4.78 is 52.7. The number of H-pyrrole nitrogens is 2. The van der Waals surface area contributed by atoms with Gasteiger partial charge in [-0.3, -0.25) is 29.4 Å². The molecule has 0 aliphatic rings.